The molecule has 0 bridgehead atoms. The predicted octanol–water partition coefficient (Wildman–Crippen LogP) is 3.56. The van der Waals surface area contributed by atoms with Gasteiger partial charge in [-0.15, -0.1) is 0 Å². The third-order valence-corrected chi connectivity index (χ3v) is 6.42. The molecule has 0 amide bonds. The predicted molar refractivity (Wildman–Crippen MR) is 92.4 cm³/mol. The van der Waals surface area contributed by atoms with Crippen LogP contribution in [0.25, 0.3) is 0 Å². The van der Waals surface area contributed by atoms with E-state index in [2.05, 4.69) is 13.8 Å². The van der Waals surface area contributed by atoms with Gasteiger partial charge in [-0.1, -0.05) is 18.2 Å². The van der Waals surface area contributed by atoms with E-state index in [0.29, 0.717) is 24.0 Å². The molecule has 7 atom stereocenters. The largest absolute Gasteiger partial charge is 0.393 e. The quantitative estimate of drug-likeness (QED) is 0.539. The zero-order valence-electron chi connectivity index (χ0n) is 14.5. The second kappa shape index (κ2) is 8.52. The molecular formula is C18H32O4S. The molecule has 2 aliphatic carbocycles. The van der Waals surface area contributed by atoms with Crippen molar-refractivity contribution >= 4 is 11.8 Å². The van der Waals surface area contributed by atoms with Crippen LogP contribution in [0.3, 0.4) is 0 Å². The van der Waals surface area contributed by atoms with Gasteiger partial charge in [-0.25, -0.2) is 0 Å². The highest BCUT2D eigenvalue weighted by Crippen LogP contribution is 2.39. The first-order chi connectivity index (χ1) is 11.1. The van der Waals surface area contributed by atoms with Crippen LogP contribution in [0.15, 0.2) is 0 Å². The Bertz CT molecular complexity index is 353. The molecule has 4 nitrogen and oxygen atoms in total. The second-order valence-electron chi connectivity index (χ2n) is 7.52. The van der Waals surface area contributed by atoms with E-state index in [4.69, 9.17) is 14.2 Å². The van der Waals surface area contributed by atoms with Crippen molar-refractivity contribution < 1.29 is 19.3 Å². The van der Waals surface area contributed by atoms with E-state index in [-0.39, 0.29) is 17.0 Å². The molecule has 1 heterocycles. The third-order valence-electron chi connectivity index (χ3n) is 5.38. The van der Waals surface area contributed by atoms with Crippen LogP contribution in [0.1, 0.15) is 58.8 Å². The normalized spacial score (nSPS) is 39.5. The standard InChI is InChI=1S/C18H32O4S/c1-12(20-10-14-4-3-5-16(19)8-14)23-13(2)21-11-15-6-7-17-18(9-15)22-17/h12-19H,3-11H2,1-2H3. The summed E-state index contributed by atoms with van der Waals surface area (Å²) in [6.07, 6.45) is 8.80. The summed E-state index contributed by atoms with van der Waals surface area (Å²) in [6, 6.07) is 0. The number of thioether (sulfide) groups is 1. The van der Waals surface area contributed by atoms with Crippen LogP contribution < -0.4 is 0 Å². The maximum Gasteiger partial charge on any atom is 0.102 e. The van der Waals surface area contributed by atoms with Crippen molar-refractivity contribution in [3.8, 4) is 0 Å². The van der Waals surface area contributed by atoms with E-state index in [1.165, 1.54) is 25.7 Å². The number of fused-ring (bicyclic) bond motifs is 1. The summed E-state index contributed by atoms with van der Waals surface area (Å²) in [4.78, 5) is 0. The van der Waals surface area contributed by atoms with Crippen molar-refractivity contribution in [1.29, 1.82) is 0 Å². The molecule has 2 saturated carbocycles. The molecule has 3 fully saturated rings. The number of epoxide rings is 1. The molecule has 134 valence electrons. The van der Waals surface area contributed by atoms with E-state index < -0.39 is 0 Å². The topological polar surface area (TPSA) is 51.2 Å². The Balaban J connectivity index is 1.25. The van der Waals surface area contributed by atoms with Crippen molar-refractivity contribution in [3.05, 3.63) is 0 Å². The van der Waals surface area contributed by atoms with Gasteiger partial charge >= 0.3 is 0 Å². The molecule has 3 aliphatic rings. The van der Waals surface area contributed by atoms with Gasteiger partial charge in [0.15, 0.2) is 0 Å². The number of rotatable bonds is 8. The van der Waals surface area contributed by atoms with Gasteiger partial charge in [0, 0.05) is 0 Å². The fourth-order valence-electron chi connectivity index (χ4n) is 3.94. The van der Waals surface area contributed by atoms with Crippen molar-refractivity contribution in [2.24, 2.45) is 11.8 Å². The Kier molecular flexibility index (Phi) is 6.67. The second-order valence-corrected chi connectivity index (χ2v) is 9.12. The summed E-state index contributed by atoms with van der Waals surface area (Å²) in [5.41, 5.74) is 0.311. The monoisotopic (exact) mass is 344 g/mol. The van der Waals surface area contributed by atoms with Crippen LogP contribution >= 0.6 is 11.8 Å². The van der Waals surface area contributed by atoms with Crippen LogP contribution in [0.5, 0.6) is 0 Å². The lowest BCUT2D eigenvalue weighted by molar-refractivity contribution is 0.0336. The number of ether oxygens (including phenoxy) is 3. The zero-order chi connectivity index (χ0) is 16.2. The van der Waals surface area contributed by atoms with Crippen molar-refractivity contribution in [2.75, 3.05) is 13.2 Å². The average Bonchev–Trinajstić information content (AvgIpc) is 3.30. The van der Waals surface area contributed by atoms with Crippen LogP contribution in [-0.2, 0) is 14.2 Å². The molecule has 1 saturated heterocycles. The number of aliphatic hydroxyl groups excluding tert-OH is 1. The third kappa shape index (κ3) is 5.89. The lowest BCUT2D eigenvalue weighted by Gasteiger charge is -2.27. The maximum atomic E-state index is 9.72. The van der Waals surface area contributed by atoms with Gasteiger partial charge in [-0.05, 0) is 64.2 Å². The van der Waals surface area contributed by atoms with Gasteiger partial charge in [-0.2, -0.15) is 0 Å². The van der Waals surface area contributed by atoms with Crippen molar-refractivity contribution in [1.82, 2.24) is 0 Å². The molecule has 3 rings (SSSR count). The van der Waals surface area contributed by atoms with Crippen LogP contribution in [-0.4, -0.2) is 47.5 Å². The van der Waals surface area contributed by atoms with Crippen molar-refractivity contribution in [3.63, 3.8) is 0 Å². The van der Waals surface area contributed by atoms with E-state index in [1.54, 1.807) is 11.8 Å². The Morgan fingerprint density at radius 3 is 2.30 bits per heavy atom. The fraction of sp³-hybridized carbons (Fsp3) is 1.00. The maximum absolute atomic E-state index is 9.72. The molecule has 7 unspecified atom stereocenters. The number of hydrogen-bond acceptors (Lipinski definition) is 5. The highest BCUT2D eigenvalue weighted by molar-refractivity contribution is 8.00. The summed E-state index contributed by atoms with van der Waals surface area (Å²) in [7, 11) is 0. The molecule has 1 aliphatic heterocycles. The number of hydrogen-bond donors (Lipinski definition) is 1. The summed E-state index contributed by atoms with van der Waals surface area (Å²) in [6.45, 7) is 5.84. The fourth-order valence-corrected chi connectivity index (χ4v) is 4.80. The molecule has 0 aromatic heterocycles. The first-order valence-corrected chi connectivity index (χ1v) is 10.3. The highest BCUT2D eigenvalue weighted by Gasteiger charge is 2.43. The first kappa shape index (κ1) is 18.0. The van der Waals surface area contributed by atoms with Gasteiger partial charge in [0.05, 0.1) is 31.5 Å². The Morgan fingerprint density at radius 2 is 1.65 bits per heavy atom. The highest BCUT2D eigenvalue weighted by atomic mass is 32.2. The van der Waals surface area contributed by atoms with Gasteiger partial charge < -0.3 is 19.3 Å². The summed E-state index contributed by atoms with van der Waals surface area (Å²) >= 11 is 1.75. The van der Waals surface area contributed by atoms with Gasteiger partial charge in [-0.3, -0.25) is 0 Å². The smallest absolute Gasteiger partial charge is 0.102 e. The van der Waals surface area contributed by atoms with E-state index >= 15 is 0 Å². The van der Waals surface area contributed by atoms with Gasteiger partial charge in [0.25, 0.3) is 0 Å². The minimum atomic E-state index is -0.117. The van der Waals surface area contributed by atoms with Crippen LogP contribution in [0.2, 0.25) is 0 Å². The van der Waals surface area contributed by atoms with Crippen LogP contribution in [0, 0.1) is 11.8 Å². The Labute approximate surface area is 144 Å². The Hall–Kier alpha value is 0.190. The zero-order valence-corrected chi connectivity index (χ0v) is 15.3. The molecule has 23 heavy (non-hydrogen) atoms. The lowest BCUT2D eigenvalue weighted by Crippen LogP contribution is -2.25. The molecule has 5 heteroatoms. The van der Waals surface area contributed by atoms with E-state index in [1.807, 2.05) is 0 Å². The summed E-state index contributed by atoms with van der Waals surface area (Å²) in [5.74, 6) is 1.19. The molecule has 0 aromatic carbocycles. The van der Waals surface area contributed by atoms with E-state index in [0.717, 1.165) is 32.5 Å². The SMILES string of the molecule is CC(OCC1CCCC(O)C1)SC(C)OCC1CCC2OC2C1. The van der Waals surface area contributed by atoms with Crippen LogP contribution in [0.4, 0.5) is 0 Å². The van der Waals surface area contributed by atoms with E-state index in [9.17, 15) is 5.11 Å². The number of aliphatic hydroxyl groups is 1. The van der Waals surface area contributed by atoms with Crippen molar-refractivity contribution in [2.45, 2.75) is 88.0 Å². The van der Waals surface area contributed by atoms with Gasteiger partial charge in [0.2, 0.25) is 0 Å². The first-order valence-electron chi connectivity index (χ1n) is 9.32. The Morgan fingerprint density at radius 1 is 0.957 bits per heavy atom. The lowest BCUT2D eigenvalue weighted by atomic mass is 9.88. The summed E-state index contributed by atoms with van der Waals surface area (Å²) in [5, 5.41) is 9.72. The minimum Gasteiger partial charge on any atom is -0.393 e. The molecular weight excluding hydrogens is 312 g/mol. The molecule has 0 spiro atoms. The van der Waals surface area contributed by atoms with Gasteiger partial charge in [0.1, 0.15) is 10.9 Å². The molecule has 0 aromatic rings. The molecule has 0 radical (unpaired) electrons. The minimum absolute atomic E-state index is 0.117. The summed E-state index contributed by atoms with van der Waals surface area (Å²) < 4.78 is 17.6. The molecule has 1 N–H and O–H groups in total. The average molecular weight is 345 g/mol.